The Labute approximate surface area is 179 Å². The highest BCUT2D eigenvalue weighted by Crippen LogP contribution is 2.32. The van der Waals surface area contributed by atoms with Gasteiger partial charge >= 0.3 is 5.97 Å². The predicted octanol–water partition coefficient (Wildman–Crippen LogP) is 4.65. The highest BCUT2D eigenvalue weighted by molar-refractivity contribution is 8.18. The lowest BCUT2D eigenvalue weighted by atomic mass is 10.2. The fraction of sp³-hybridized carbons (Fsp3) is 0.261. The van der Waals surface area contributed by atoms with Crippen LogP contribution in [0, 0.1) is 0 Å². The number of carbonyl (C=O) groups excluding carboxylic acids is 3. The van der Waals surface area contributed by atoms with E-state index >= 15 is 0 Å². The average Bonchev–Trinajstić information content (AvgIpc) is 3.01. The number of rotatable bonds is 9. The van der Waals surface area contributed by atoms with Crippen LogP contribution in [0.15, 0.2) is 59.5 Å². The van der Waals surface area contributed by atoms with Crippen molar-refractivity contribution < 1.29 is 23.9 Å². The minimum absolute atomic E-state index is 0.265. The molecule has 0 spiro atoms. The Morgan fingerprint density at radius 2 is 1.90 bits per heavy atom. The molecule has 0 aliphatic carbocycles. The molecular weight excluding hydrogens is 402 g/mol. The predicted molar refractivity (Wildman–Crippen MR) is 116 cm³/mol. The quantitative estimate of drug-likeness (QED) is 0.331. The number of thioether (sulfide) groups is 1. The first-order chi connectivity index (χ1) is 14.6. The van der Waals surface area contributed by atoms with Gasteiger partial charge in [-0.05, 0) is 47.5 Å². The highest BCUT2D eigenvalue weighted by Gasteiger charge is 2.36. The van der Waals surface area contributed by atoms with Gasteiger partial charge in [0, 0.05) is 0 Å². The van der Waals surface area contributed by atoms with Gasteiger partial charge in [0.05, 0.1) is 11.5 Å². The van der Waals surface area contributed by atoms with E-state index in [1.165, 1.54) is 0 Å². The van der Waals surface area contributed by atoms with Crippen LogP contribution in [0.1, 0.15) is 30.9 Å². The number of hydrogen-bond donors (Lipinski definition) is 0. The Hall–Kier alpha value is -3.06. The number of esters is 1. The molecule has 0 aromatic heterocycles. The molecular formula is C23H23NO5S. The monoisotopic (exact) mass is 425 g/mol. The summed E-state index contributed by atoms with van der Waals surface area (Å²) < 4.78 is 10.8. The van der Waals surface area contributed by atoms with Crippen molar-refractivity contribution in [2.45, 2.75) is 26.4 Å². The molecule has 1 fully saturated rings. The van der Waals surface area contributed by atoms with E-state index in [1.807, 2.05) is 55.5 Å². The largest absolute Gasteiger partial charge is 0.489 e. The van der Waals surface area contributed by atoms with Gasteiger partial charge in [-0.3, -0.25) is 19.3 Å². The topological polar surface area (TPSA) is 72.9 Å². The Kier molecular flexibility index (Phi) is 7.68. The summed E-state index contributed by atoms with van der Waals surface area (Å²) in [6, 6.07) is 17.1. The third-order valence-electron chi connectivity index (χ3n) is 4.33. The van der Waals surface area contributed by atoms with Gasteiger partial charge in [0.1, 0.15) is 18.9 Å². The van der Waals surface area contributed by atoms with Crippen molar-refractivity contribution in [1.29, 1.82) is 0 Å². The van der Waals surface area contributed by atoms with E-state index in [-0.39, 0.29) is 18.1 Å². The van der Waals surface area contributed by atoms with Crippen LogP contribution in [0.25, 0.3) is 6.08 Å². The third-order valence-corrected chi connectivity index (χ3v) is 5.23. The van der Waals surface area contributed by atoms with E-state index in [0.29, 0.717) is 12.4 Å². The van der Waals surface area contributed by atoms with Gasteiger partial charge < -0.3 is 9.47 Å². The van der Waals surface area contributed by atoms with Gasteiger partial charge in [0.25, 0.3) is 11.1 Å². The number of unbranched alkanes of at least 4 members (excludes halogenated alkanes) is 1. The van der Waals surface area contributed by atoms with Crippen LogP contribution in [0.5, 0.6) is 5.75 Å². The number of amides is 2. The van der Waals surface area contributed by atoms with Crippen LogP contribution >= 0.6 is 11.8 Å². The van der Waals surface area contributed by atoms with E-state index < -0.39 is 17.1 Å². The lowest BCUT2D eigenvalue weighted by Crippen LogP contribution is -2.34. The number of hydrogen-bond acceptors (Lipinski definition) is 6. The SMILES string of the molecule is CCCCOC(=O)CN1C(=O)S/C(=C/c2cccc(OCc3ccccc3)c2)C1=O. The minimum Gasteiger partial charge on any atom is -0.489 e. The van der Waals surface area contributed by atoms with Gasteiger partial charge in [-0.15, -0.1) is 0 Å². The molecule has 1 aliphatic heterocycles. The van der Waals surface area contributed by atoms with Gasteiger partial charge in [0.2, 0.25) is 0 Å². The summed E-state index contributed by atoms with van der Waals surface area (Å²) in [6.07, 6.45) is 3.27. The number of imide groups is 1. The fourth-order valence-corrected chi connectivity index (χ4v) is 3.57. The fourth-order valence-electron chi connectivity index (χ4n) is 2.73. The number of nitrogens with zero attached hydrogens (tertiary/aromatic N) is 1. The van der Waals surface area contributed by atoms with Crippen LogP contribution in [0.2, 0.25) is 0 Å². The summed E-state index contributed by atoms with van der Waals surface area (Å²) in [5.41, 5.74) is 1.78. The number of ether oxygens (including phenoxy) is 2. The summed E-state index contributed by atoms with van der Waals surface area (Å²) in [4.78, 5) is 37.8. The molecule has 1 aliphatic rings. The second-order valence-corrected chi connectivity index (χ2v) is 7.68. The maximum absolute atomic E-state index is 12.6. The van der Waals surface area contributed by atoms with E-state index in [0.717, 1.165) is 40.6 Å². The van der Waals surface area contributed by atoms with E-state index in [4.69, 9.17) is 9.47 Å². The third kappa shape index (κ3) is 5.97. The molecule has 156 valence electrons. The maximum Gasteiger partial charge on any atom is 0.326 e. The molecule has 0 bridgehead atoms. The molecule has 30 heavy (non-hydrogen) atoms. The lowest BCUT2D eigenvalue weighted by Gasteiger charge is -2.11. The molecule has 2 amide bonds. The van der Waals surface area contributed by atoms with Crippen molar-refractivity contribution in [3.63, 3.8) is 0 Å². The molecule has 1 heterocycles. The summed E-state index contributed by atoms with van der Waals surface area (Å²) in [7, 11) is 0. The van der Waals surface area contributed by atoms with Gasteiger partial charge in [0.15, 0.2) is 0 Å². The van der Waals surface area contributed by atoms with Crippen LogP contribution in [0.4, 0.5) is 4.79 Å². The molecule has 0 radical (unpaired) electrons. The Bertz CT molecular complexity index is 942. The smallest absolute Gasteiger partial charge is 0.326 e. The number of benzene rings is 2. The zero-order valence-electron chi connectivity index (χ0n) is 16.7. The first-order valence-corrected chi connectivity index (χ1v) is 10.6. The molecule has 0 saturated carbocycles. The van der Waals surface area contributed by atoms with E-state index in [9.17, 15) is 14.4 Å². The molecule has 0 unspecified atom stereocenters. The number of carbonyl (C=O) groups is 3. The molecule has 0 atom stereocenters. The van der Waals surface area contributed by atoms with Crippen molar-refractivity contribution in [2.75, 3.05) is 13.2 Å². The summed E-state index contributed by atoms with van der Waals surface area (Å²) in [6.45, 7) is 2.33. The lowest BCUT2D eigenvalue weighted by molar-refractivity contribution is -0.146. The van der Waals surface area contributed by atoms with Crippen LogP contribution in [0.3, 0.4) is 0 Å². The van der Waals surface area contributed by atoms with Crippen molar-refractivity contribution in [1.82, 2.24) is 4.90 Å². The summed E-state index contributed by atoms with van der Waals surface area (Å²) in [5.74, 6) is -0.414. The van der Waals surface area contributed by atoms with Crippen molar-refractivity contribution in [3.05, 3.63) is 70.6 Å². The second kappa shape index (κ2) is 10.6. The van der Waals surface area contributed by atoms with Gasteiger partial charge in [-0.2, -0.15) is 0 Å². The van der Waals surface area contributed by atoms with Gasteiger partial charge in [-0.1, -0.05) is 55.8 Å². The normalized spacial score (nSPS) is 15.0. The molecule has 2 aromatic carbocycles. The highest BCUT2D eigenvalue weighted by atomic mass is 32.2. The zero-order chi connectivity index (χ0) is 21.3. The maximum atomic E-state index is 12.6. The molecule has 0 N–H and O–H groups in total. The summed E-state index contributed by atoms with van der Waals surface area (Å²) >= 11 is 0.813. The standard InChI is InChI=1S/C23H23NO5S/c1-2-3-12-28-21(25)15-24-22(26)20(30-23(24)27)14-18-10-7-11-19(13-18)29-16-17-8-5-4-6-9-17/h4-11,13-14H,2-3,12,15-16H2,1H3/b20-14+. The second-order valence-electron chi connectivity index (χ2n) is 6.69. The Morgan fingerprint density at radius 1 is 1.10 bits per heavy atom. The molecule has 1 saturated heterocycles. The first-order valence-electron chi connectivity index (χ1n) is 9.74. The zero-order valence-corrected chi connectivity index (χ0v) is 17.5. The van der Waals surface area contributed by atoms with Crippen LogP contribution in [-0.4, -0.2) is 35.2 Å². The van der Waals surface area contributed by atoms with Crippen molar-refractivity contribution in [2.24, 2.45) is 0 Å². The first kappa shape index (κ1) is 21.6. The molecule has 6 nitrogen and oxygen atoms in total. The van der Waals surface area contributed by atoms with Crippen molar-refractivity contribution >= 4 is 35.0 Å². The molecule has 7 heteroatoms. The minimum atomic E-state index is -0.580. The van der Waals surface area contributed by atoms with Crippen LogP contribution in [-0.2, 0) is 20.9 Å². The summed E-state index contributed by atoms with van der Waals surface area (Å²) in [5, 5.41) is -0.477. The van der Waals surface area contributed by atoms with Crippen molar-refractivity contribution in [3.8, 4) is 5.75 Å². The molecule has 2 aromatic rings. The van der Waals surface area contributed by atoms with E-state index in [1.54, 1.807) is 12.1 Å². The van der Waals surface area contributed by atoms with Gasteiger partial charge in [-0.25, -0.2) is 0 Å². The Morgan fingerprint density at radius 3 is 2.67 bits per heavy atom. The average molecular weight is 426 g/mol. The van der Waals surface area contributed by atoms with Crippen LogP contribution < -0.4 is 4.74 Å². The Balaban J connectivity index is 1.63. The molecule has 3 rings (SSSR count). The van der Waals surface area contributed by atoms with E-state index in [2.05, 4.69) is 0 Å².